The molecule has 3 heterocycles. The van der Waals surface area contributed by atoms with E-state index < -0.39 is 28.7 Å². The van der Waals surface area contributed by atoms with E-state index in [4.69, 9.17) is 0 Å². The Morgan fingerprint density at radius 2 is 1.70 bits per heavy atom. The number of halogens is 3. The Bertz CT molecular complexity index is 1450. The summed E-state index contributed by atoms with van der Waals surface area (Å²) in [6.07, 6.45) is 1.89. The van der Waals surface area contributed by atoms with Crippen molar-refractivity contribution < 1.29 is 27.9 Å². The smallest absolute Gasteiger partial charge is 0.384 e. The van der Waals surface area contributed by atoms with E-state index in [0.29, 0.717) is 32.5 Å². The van der Waals surface area contributed by atoms with Crippen molar-refractivity contribution in [3.05, 3.63) is 77.0 Å². The van der Waals surface area contributed by atoms with Crippen molar-refractivity contribution in [3.8, 4) is 0 Å². The first-order chi connectivity index (χ1) is 21.0. The molecule has 0 saturated carbocycles. The summed E-state index contributed by atoms with van der Waals surface area (Å²) < 4.78 is 39.2. The van der Waals surface area contributed by atoms with Crippen LogP contribution in [0.1, 0.15) is 101 Å². The zero-order chi connectivity index (χ0) is 32.1. The Balaban J connectivity index is 0.00000216. The van der Waals surface area contributed by atoms with Crippen LogP contribution in [0.15, 0.2) is 54.7 Å². The Morgan fingerprint density at radius 1 is 1.02 bits per heavy atom. The number of fused-ring (bicyclic) bond motifs is 1. The minimum absolute atomic E-state index is 0.262. The molecule has 3 aromatic rings. The summed E-state index contributed by atoms with van der Waals surface area (Å²) >= 11 is 0. The molecule has 0 aliphatic carbocycles. The van der Waals surface area contributed by atoms with Gasteiger partial charge in [-0.2, -0.15) is 13.2 Å². The number of aliphatic hydroxyl groups is 1. The lowest BCUT2D eigenvalue weighted by molar-refractivity contribution is -0.153. The van der Waals surface area contributed by atoms with Crippen LogP contribution in [0.4, 0.5) is 13.2 Å². The molecule has 2 aromatic carbocycles. The average molecular weight is 612 g/mol. The molecule has 2 amide bonds. The number of imide groups is 1. The third-order valence-corrected chi connectivity index (χ3v) is 9.16. The lowest BCUT2D eigenvalue weighted by Gasteiger charge is -2.54. The van der Waals surface area contributed by atoms with Crippen molar-refractivity contribution in [2.24, 2.45) is 5.41 Å². The fourth-order valence-electron chi connectivity index (χ4n) is 7.13. The maximum Gasteiger partial charge on any atom is 0.416 e. The normalized spacial score (nSPS) is 22.3. The van der Waals surface area contributed by atoms with Crippen LogP contribution in [0.5, 0.6) is 0 Å². The summed E-state index contributed by atoms with van der Waals surface area (Å²) in [7, 11) is 0. The number of carbonyl (C=O) groups excluding carboxylic acids is 2. The number of hydrogen-bond acceptors (Lipinski definition) is 5. The molecule has 9 heteroatoms. The second-order valence-corrected chi connectivity index (χ2v) is 12.0. The number of alkyl halides is 3. The number of benzene rings is 2. The van der Waals surface area contributed by atoms with Crippen LogP contribution >= 0.6 is 0 Å². The van der Waals surface area contributed by atoms with Gasteiger partial charge < -0.3 is 5.11 Å². The first-order valence-corrected chi connectivity index (χ1v) is 15.8. The lowest BCUT2D eigenvalue weighted by Crippen LogP contribution is -2.57. The van der Waals surface area contributed by atoms with E-state index in [0.717, 1.165) is 65.4 Å². The van der Waals surface area contributed by atoms with Gasteiger partial charge in [0.2, 0.25) is 11.8 Å². The van der Waals surface area contributed by atoms with Crippen LogP contribution < -0.4 is 5.32 Å². The van der Waals surface area contributed by atoms with Crippen LogP contribution in [-0.2, 0) is 27.9 Å². The van der Waals surface area contributed by atoms with Gasteiger partial charge in [0.1, 0.15) is 0 Å². The van der Waals surface area contributed by atoms with Gasteiger partial charge in [-0.25, -0.2) is 0 Å². The largest absolute Gasteiger partial charge is 0.416 e. The van der Waals surface area contributed by atoms with Crippen molar-refractivity contribution in [2.75, 3.05) is 13.1 Å². The number of pyridine rings is 1. The maximum atomic E-state index is 13.1. The van der Waals surface area contributed by atoms with Gasteiger partial charge in [-0.3, -0.25) is 24.8 Å². The highest BCUT2D eigenvalue weighted by atomic mass is 19.4. The predicted octanol–water partition coefficient (Wildman–Crippen LogP) is 7.48. The third kappa shape index (κ3) is 6.84. The quantitative estimate of drug-likeness (QED) is 0.258. The van der Waals surface area contributed by atoms with Crippen LogP contribution in [0.2, 0.25) is 0 Å². The van der Waals surface area contributed by atoms with Gasteiger partial charge in [0.25, 0.3) is 0 Å². The molecule has 6 nitrogen and oxygen atoms in total. The molecule has 2 saturated heterocycles. The Morgan fingerprint density at radius 3 is 2.32 bits per heavy atom. The van der Waals surface area contributed by atoms with E-state index in [1.807, 2.05) is 38.1 Å². The SMILES string of the molecule is CC.CCCC1(CCC)CN(Cc2ccc(C(F)(F)F)cc2)CCC1(O)c1ccc2ncc(C3CCC(=O)NC3=O)cc2c1. The molecule has 2 unspecified atom stereocenters. The molecular formula is C35H44F3N3O3. The molecule has 238 valence electrons. The number of aromatic nitrogens is 1. The van der Waals surface area contributed by atoms with Crippen LogP contribution in [0.25, 0.3) is 10.9 Å². The maximum absolute atomic E-state index is 13.1. The first kappa shape index (κ1) is 33.6. The second-order valence-electron chi connectivity index (χ2n) is 12.0. The van der Waals surface area contributed by atoms with Gasteiger partial charge in [-0.15, -0.1) is 0 Å². The molecule has 2 aliphatic heterocycles. The summed E-state index contributed by atoms with van der Waals surface area (Å²) in [4.78, 5) is 31.0. The Kier molecular flexibility index (Phi) is 10.5. The van der Waals surface area contributed by atoms with E-state index in [1.165, 1.54) is 0 Å². The summed E-state index contributed by atoms with van der Waals surface area (Å²) in [6.45, 7) is 9.96. The number of rotatable bonds is 8. The molecule has 2 N–H and O–H groups in total. The minimum Gasteiger partial charge on any atom is -0.384 e. The standard InChI is InChI=1S/C33H38F3N3O3.C2H6/c1-3-13-31(14-4-2)21-39(20-22-5-7-25(8-6-22)33(34,35)36)16-15-32(31,42)26-9-11-28-23(18-26)17-24(19-37-28)27-10-12-29(40)38-30(27)41;1-2/h5-9,11,17-19,27,42H,3-4,10,12-16,20-21H2,1-2H3,(H,38,40,41);1-2H3. The summed E-state index contributed by atoms with van der Waals surface area (Å²) in [5.74, 6) is -1.02. The average Bonchev–Trinajstić information content (AvgIpc) is 3.00. The van der Waals surface area contributed by atoms with E-state index in [-0.39, 0.29) is 18.2 Å². The predicted molar refractivity (Wildman–Crippen MR) is 166 cm³/mol. The molecule has 0 spiro atoms. The molecule has 0 bridgehead atoms. The van der Waals surface area contributed by atoms with Crippen LogP contribution in [0, 0.1) is 5.41 Å². The zero-order valence-corrected chi connectivity index (χ0v) is 26.1. The van der Waals surface area contributed by atoms with Crippen molar-refractivity contribution in [2.45, 2.75) is 96.9 Å². The molecule has 2 aliphatic rings. The number of hydrogen-bond donors (Lipinski definition) is 2. The molecule has 44 heavy (non-hydrogen) atoms. The number of likely N-dealkylation sites (tertiary alicyclic amines) is 1. The second kappa shape index (κ2) is 13.8. The van der Waals surface area contributed by atoms with Gasteiger partial charge >= 0.3 is 6.18 Å². The summed E-state index contributed by atoms with van der Waals surface area (Å²) in [5, 5.41) is 15.8. The minimum atomic E-state index is -4.37. The molecule has 1 aromatic heterocycles. The van der Waals surface area contributed by atoms with Gasteiger partial charge in [-0.05, 0) is 72.7 Å². The van der Waals surface area contributed by atoms with Gasteiger partial charge in [0.15, 0.2) is 0 Å². The first-order valence-electron chi connectivity index (χ1n) is 15.8. The Hall–Kier alpha value is -3.30. The molecule has 5 rings (SSSR count). The van der Waals surface area contributed by atoms with Crippen LogP contribution in [-0.4, -0.2) is 39.9 Å². The number of nitrogens with one attached hydrogen (secondary N) is 1. The van der Waals surface area contributed by atoms with E-state index in [9.17, 15) is 27.9 Å². The molecular weight excluding hydrogens is 567 g/mol. The zero-order valence-electron chi connectivity index (χ0n) is 26.1. The fourth-order valence-corrected chi connectivity index (χ4v) is 7.13. The fraction of sp³-hybridized carbons (Fsp3) is 0.514. The van der Waals surface area contributed by atoms with Crippen molar-refractivity contribution in [1.82, 2.24) is 15.2 Å². The van der Waals surface area contributed by atoms with Crippen molar-refractivity contribution >= 4 is 22.7 Å². The lowest BCUT2D eigenvalue weighted by atomic mass is 9.60. The van der Waals surface area contributed by atoms with Gasteiger partial charge in [-0.1, -0.05) is 58.7 Å². The van der Waals surface area contributed by atoms with E-state index in [2.05, 4.69) is 29.0 Å². The number of piperidine rings is 2. The van der Waals surface area contributed by atoms with E-state index in [1.54, 1.807) is 18.3 Å². The summed E-state index contributed by atoms with van der Waals surface area (Å²) in [5.41, 5.74) is 0.905. The van der Waals surface area contributed by atoms with E-state index >= 15 is 0 Å². The number of nitrogens with zero attached hydrogens (tertiary/aromatic N) is 2. The molecule has 2 atom stereocenters. The monoisotopic (exact) mass is 611 g/mol. The number of amides is 2. The molecule has 0 radical (unpaired) electrons. The highest BCUT2D eigenvalue weighted by Crippen LogP contribution is 2.52. The molecule has 2 fully saturated rings. The Labute approximate surface area is 258 Å². The summed E-state index contributed by atoms with van der Waals surface area (Å²) in [6, 6.07) is 13.1. The van der Waals surface area contributed by atoms with Gasteiger partial charge in [0.05, 0.1) is 22.6 Å². The van der Waals surface area contributed by atoms with Crippen molar-refractivity contribution in [1.29, 1.82) is 0 Å². The van der Waals surface area contributed by atoms with Gasteiger partial charge in [0, 0.05) is 43.1 Å². The third-order valence-electron chi connectivity index (χ3n) is 9.16. The highest BCUT2D eigenvalue weighted by molar-refractivity contribution is 6.01. The van der Waals surface area contributed by atoms with Crippen LogP contribution in [0.3, 0.4) is 0 Å². The van der Waals surface area contributed by atoms with Crippen molar-refractivity contribution in [3.63, 3.8) is 0 Å². The number of carbonyl (C=O) groups is 2. The highest BCUT2D eigenvalue weighted by Gasteiger charge is 2.53. The topological polar surface area (TPSA) is 82.5 Å².